The zero-order valence-electron chi connectivity index (χ0n) is 15.7. The van der Waals surface area contributed by atoms with Gasteiger partial charge in [0.1, 0.15) is 12.4 Å². The lowest BCUT2D eigenvalue weighted by molar-refractivity contribution is 0.279. The lowest BCUT2D eigenvalue weighted by Crippen LogP contribution is -2.02. The van der Waals surface area contributed by atoms with E-state index in [-0.39, 0.29) is 12.4 Å². The van der Waals surface area contributed by atoms with Crippen LogP contribution in [0.3, 0.4) is 0 Å². The van der Waals surface area contributed by atoms with Gasteiger partial charge in [-0.05, 0) is 47.9 Å². The number of hydrogen-bond acceptors (Lipinski definition) is 3. The third-order valence-electron chi connectivity index (χ3n) is 4.43. The Morgan fingerprint density at radius 1 is 0.889 bits per heavy atom. The van der Waals surface area contributed by atoms with E-state index < -0.39 is 0 Å². The molecule has 0 aliphatic heterocycles. The Balaban J connectivity index is 1.63. The van der Waals surface area contributed by atoms with Crippen molar-refractivity contribution in [3.05, 3.63) is 89.2 Å². The van der Waals surface area contributed by atoms with E-state index in [1.165, 1.54) is 11.6 Å². The van der Waals surface area contributed by atoms with Crippen LogP contribution in [-0.2, 0) is 19.6 Å². The smallest absolute Gasteiger partial charge is 0.161 e. The summed E-state index contributed by atoms with van der Waals surface area (Å²) in [5.74, 6) is 0.954. The predicted molar refractivity (Wildman–Crippen MR) is 107 cm³/mol. The van der Waals surface area contributed by atoms with Crippen LogP contribution in [0.15, 0.2) is 66.7 Å². The molecule has 140 valence electrons. The fraction of sp³-hybridized carbons (Fsp3) is 0.217. The molecule has 27 heavy (non-hydrogen) atoms. The summed E-state index contributed by atoms with van der Waals surface area (Å²) in [5, 5.41) is 3.40. The molecule has 0 radical (unpaired) electrons. The SMILES string of the molecule is CCc1ccc(NCc2ccc(OCc3ccccc3F)c(OC)c2)cc1. The van der Waals surface area contributed by atoms with Gasteiger partial charge in [-0.2, -0.15) is 0 Å². The van der Waals surface area contributed by atoms with Gasteiger partial charge in [-0.15, -0.1) is 0 Å². The standard InChI is InChI=1S/C23H24FNO2/c1-3-17-8-11-20(12-9-17)25-15-18-10-13-22(23(14-18)26-2)27-16-19-6-4-5-7-21(19)24/h4-14,25H,3,15-16H2,1-2H3. The molecule has 0 saturated carbocycles. The highest BCUT2D eigenvalue weighted by Crippen LogP contribution is 2.29. The first-order valence-electron chi connectivity index (χ1n) is 9.05. The van der Waals surface area contributed by atoms with Crippen molar-refractivity contribution < 1.29 is 13.9 Å². The largest absolute Gasteiger partial charge is 0.493 e. The number of nitrogens with one attached hydrogen (secondary N) is 1. The van der Waals surface area contributed by atoms with Crippen molar-refractivity contribution in [3.63, 3.8) is 0 Å². The number of halogens is 1. The van der Waals surface area contributed by atoms with Crippen molar-refractivity contribution in [3.8, 4) is 11.5 Å². The van der Waals surface area contributed by atoms with E-state index in [9.17, 15) is 4.39 Å². The highest BCUT2D eigenvalue weighted by molar-refractivity contribution is 5.47. The van der Waals surface area contributed by atoms with E-state index in [0.717, 1.165) is 17.7 Å². The van der Waals surface area contributed by atoms with Gasteiger partial charge in [-0.25, -0.2) is 4.39 Å². The van der Waals surface area contributed by atoms with Crippen LogP contribution in [0.4, 0.5) is 10.1 Å². The second-order valence-electron chi connectivity index (χ2n) is 6.27. The summed E-state index contributed by atoms with van der Waals surface area (Å²) in [6.45, 7) is 2.98. The second-order valence-corrected chi connectivity index (χ2v) is 6.27. The van der Waals surface area contributed by atoms with E-state index >= 15 is 0 Å². The summed E-state index contributed by atoms with van der Waals surface area (Å²) in [6.07, 6.45) is 1.03. The van der Waals surface area contributed by atoms with Gasteiger partial charge in [0.05, 0.1) is 7.11 Å². The highest BCUT2D eigenvalue weighted by atomic mass is 19.1. The van der Waals surface area contributed by atoms with Crippen molar-refractivity contribution >= 4 is 5.69 Å². The number of benzene rings is 3. The fourth-order valence-corrected chi connectivity index (χ4v) is 2.77. The molecule has 0 heterocycles. The van der Waals surface area contributed by atoms with Gasteiger partial charge in [0.15, 0.2) is 11.5 Å². The molecule has 0 saturated heterocycles. The molecule has 3 rings (SSSR count). The number of methoxy groups -OCH3 is 1. The molecular formula is C23H24FNO2. The molecule has 3 aromatic carbocycles. The third kappa shape index (κ3) is 5.00. The molecule has 0 bridgehead atoms. The topological polar surface area (TPSA) is 30.5 Å². The average Bonchev–Trinajstić information content (AvgIpc) is 2.72. The summed E-state index contributed by atoms with van der Waals surface area (Å²) in [6, 6.07) is 20.8. The number of hydrogen-bond donors (Lipinski definition) is 1. The Kier molecular flexibility index (Phi) is 6.31. The van der Waals surface area contributed by atoms with Crippen LogP contribution in [-0.4, -0.2) is 7.11 Å². The molecule has 1 N–H and O–H groups in total. The van der Waals surface area contributed by atoms with Gasteiger partial charge < -0.3 is 14.8 Å². The summed E-state index contributed by atoms with van der Waals surface area (Å²) in [5.41, 5.74) is 3.98. The van der Waals surface area contributed by atoms with Gasteiger partial charge in [0.25, 0.3) is 0 Å². The average molecular weight is 365 g/mol. The first kappa shape index (κ1) is 18.8. The molecule has 0 aliphatic rings. The number of rotatable bonds is 8. The van der Waals surface area contributed by atoms with Crippen molar-refractivity contribution in [1.29, 1.82) is 0 Å². The summed E-state index contributed by atoms with van der Waals surface area (Å²) >= 11 is 0. The van der Waals surface area contributed by atoms with E-state index in [1.807, 2.05) is 18.2 Å². The number of anilines is 1. The Morgan fingerprint density at radius 2 is 1.63 bits per heavy atom. The first-order valence-corrected chi connectivity index (χ1v) is 9.05. The minimum absolute atomic E-state index is 0.157. The zero-order valence-corrected chi connectivity index (χ0v) is 15.7. The molecule has 4 heteroatoms. The summed E-state index contributed by atoms with van der Waals surface area (Å²) in [4.78, 5) is 0. The van der Waals surface area contributed by atoms with E-state index in [1.54, 1.807) is 25.3 Å². The quantitative estimate of drug-likeness (QED) is 0.565. The minimum Gasteiger partial charge on any atom is -0.493 e. The van der Waals surface area contributed by atoms with Gasteiger partial charge in [-0.1, -0.05) is 43.3 Å². The molecule has 0 aliphatic carbocycles. The number of aryl methyl sites for hydroxylation is 1. The van der Waals surface area contributed by atoms with Crippen LogP contribution in [0.25, 0.3) is 0 Å². The Labute approximate surface area is 159 Å². The Hall–Kier alpha value is -3.01. The lowest BCUT2D eigenvalue weighted by atomic mass is 10.1. The van der Waals surface area contributed by atoms with Crippen LogP contribution >= 0.6 is 0 Å². The normalized spacial score (nSPS) is 10.5. The lowest BCUT2D eigenvalue weighted by Gasteiger charge is -2.13. The fourth-order valence-electron chi connectivity index (χ4n) is 2.77. The molecule has 0 spiro atoms. The van der Waals surface area contributed by atoms with Gasteiger partial charge in [-0.3, -0.25) is 0 Å². The minimum atomic E-state index is -0.272. The molecule has 0 fully saturated rings. The van der Waals surface area contributed by atoms with Gasteiger partial charge in [0.2, 0.25) is 0 Å². The van der Waals surface area contributed by atoms with Gasteiger partial charge in [0, 0.05) is 17.8 Å². The van der Waals surface area contributed by atoms with Crippen LogP contribution in [0, 0.1) is 5.82 Å². The van der Waals surface area contributed by atoms with Crippen molar-refractivity contribution in [1.82, 2.24) is 0 Å². The second kappa shape index (κ2) is 9.08. The highest BCUT2D eigenvalue weighted by Gasteiger charge is 2.08. The molecule has 3 nitrogen and oxygen atoms in total. The maximum atomic E-state index is 13.7. The van der Waals surface area contributed by atoms with Crippen LogP contribution in [0.5, 0.6) is 11.5 Å². The Morgan fingerprint density at radius 3 is 2.33 bits per heavy atom. The molecular weight excluding hydrogens is 341 g/mol. The molecule has 0 unspecified atom stereocenters. The molecule has 0 amide bonds. The summed E-state index contributed by atoms with van der Waals surface area (Å²) < 4.78 is 24.9. The van der Waals surface area contributed by atoms with E-state index in [0.29, 0.717) is 23.6 Å². The first-order chi connectivity index (χ1) is 13.2. The van der Waals surface area contributed by atoms with Crippen LogP contribution in [0.2, 0.25) is 0 Å². The number of ether oxygens (including phenoxy) is 2. The van der Waals surface area contributed by atoms with E-state index in [4.69, 9.17) is 9.47 Å². The van der Waals surface area contributed by atoms with Crippen molar-refractivity contribution in [2.75, 3.05) is 12.4 Å². The van der Waals surface area contributed by atoms with Gasteiger partial charge >= 0.3 is 0 Å². The van der Waals surface area contributed by atoms with Crippen LogP contribution < -0.4 is 14.8 Å². The zero-order chi connectivity index (χ0) is 19.1. The maximum Gasteiger partial charge on any atom is 0.161 e. The summed E-state index contributed by atoms with van der Waals surface area (Å²) in [7, 11) is 1.60. The maximum absolute atomic E-state index is 13.7. The Bertz CT molecular complexity index is 878. The third-order valence-corrected chi connectivity index (χ3v) is 4.43. The van der Waals surface area contributed by atoms with Crippen molar-refractivity contribution in [2.24, 2.45) is 0 Å². The predicted octanol–water partition coefficient (Wildman–Crippen LogP) is 5.59. The van der Waals surface area contributed by atoms with Crippen molar-refractivity contribution in [2.45, 2.75) is 26.5 Å². The van der Waals surface area contributed by atoms with Crippen LogP contribution in [0.1, 0.15) is 23.6 Å². The molecule has 3 aromatic rings. The van der Waals surface area contributed by atoms with E-state index in [2.05, 4.69) is 36.5 Å². The molecule has 0 aromatic heterocycles. The monoisotopic (exact) mass is 365 g/mol. The molecule has 0 atom stereocenters.